The van der Waals surface area contributed by atoms with Crippen LogP contribution in [0.3, 0.4) is 0 Å². The maximum absolute atomic E-state index is 11.8. The van der Waals surface area contributed by atoms with Crippen LogP contribution >= 0.6 is 11.6 Å². The Morgan fingerprint density at radius 1 is 1.32 bits per heavy atom. The van der Waals surface area contributed by atoms with Crippen LogP contribution in [-0.4, -0.2) is 16.2 Å². The van der Waals surface area contributed by atoms with Crippen molar-refractivity contribution in [1.29, 1.82) is 0 Å². The van der Waals surface area contributed by atoms with E-state index in [9.17, 15) is 4.79 Å². The Hall–Kier alpha value is -2.01. The minimum Gasteiger partial charge on any atom is -0.306 e. The fourth-order valence-electron chi connectivity index (χ4n) is 1.84. The number of rotatable bonds is 3. The van der Waals surface area contributed by atoms with Crippen LogP contribution in [0.25, 0.3) is 0 Å². The van der Waals surface area contributed by atoms with Crippen molar-refractivity contribution < 1.29 is 4.79 Å². The van der Waals surface area contributed by atoms with E-state index in [0.717, 1.165) is 5.69 Å². The molecule has 1 aromatic heterocycles. The lowest BCUT2D eigenvalue weighted by atomic mass is 10.3. The molecule has 2 aromatic rings. The molecule has 0 atom stereocenters. The van der Waals surface area contributed by atoms with Crippen molar-refractivity contribution in [1.82, 2.24) is 10.2 Å². The topological polar surface area (TPSA) is 69.8 Å². The molecule has 0 unspecified atom stereocenters. The molecule has 1 aliphatic carbocycles. The van der Waals surface area contributed by atoms with Gasteiger partial charge in [0.15, 0.2) is 5.82 Å². The number of halogens is 1. The molecule has 3 N–H and O–H groups in total. The van der Waals surface area contributed by atoms with E-state index in [2.05, 4.69) is 20.8 Å². The molecule has 2 amide bonds. The van der Waals surface area contributed by atoms with Crippen molar-refractivity contribution in [3.05, 3.63) is 41.0 Å². The number of carbonyl (C=O) groups excluding carboxylic acids is 1. The van der Waals surface area contributed by atoms with Crippen LogP contribution in [-0.2, 0) is 0 Å². The number of nitrogens with one attached hydrogen (secondary N) is 3. The summed E-state index contributed by atoms with van der Waals surface area (Å²) in [5, 5.41) is 12.8. The second kappa shape index (κ2) is 4.93. The zero-order chi connectivity index (χ0) is 13.2. The zero-order valence-electron chi connectivity index (χ0n) is 10.1. The molecule has 3 rings (SSSR count). The summed E-state index contributed by atoms with van der Waals surface area (Å²) in [6.45, 7) is 0. The van der Waals surface area contributed by atoms with E-state index in [4.69, 9.17) is 11.6 Å². The molecule has 0 saturated heterocycles. The number of anilines is 2. The Kier molecular flexibility index (Phi) is 3.13. The lowest BCUT2D eigenvalue weighted by molar-refractivity contribution is 0.262. The largest absolute Gasteiger partial charge is 0.324 e. The number of hydrogen-bond acceptors (Lipinski definition) is 2. The molecule has 1 saturated carbocycles. The highest BCUT2D eigenvalue weighted by molar-refractivity contribution is 6.33. The lowest BCUT2D eigenvalue weighted by Gasteiger charge is -2.06. The molecule has 1 aromatic carbocycles. The highest BCUT2D eigenvalue weighted by Gasteiger charge is 2.25. The number of carbonyl (C=O) groups is 1. The molecule has 0 radical (unpaired) electrons. The lowest BCUT2D eigenvalue weighted by Crippen LogP contribution is -2.19. The Bertz CT molecular complexity index is 606. The van der Waals surface area contributed by atoms with E-state index in [1.54, 1.807) is 24.3 Å². The fraction of sp³-hybridized carbons (Fsp3) is 0.231. The summed E-state index contributed by atoms with van der Waals surface area (Å²) >= 11 is 5.96. The third kappa shape index (κ3) is 2.88. The number of nitrogens with zero attached hydrogens (tertiary/aromatic N) is 1. The maximum Gasteiger partial charge on any atom is 0.324 e. The van der Waals surface area contributed by atoms with Crippen molar-refractivity contribution in [3.63, 3.8) is 0 Å². The average Bonchev–Trinajstić information content (AvgIpc) is 3.14. The van der Waals surface area contributed by atoms with Gasteiger partial charge in [-0.3, -0.25) is 10.4 Å². The zero-order valence-corrected chi connectivity index (χ0v) is 10.9. The van der Waals surface area contributed by atoms with Crippen LogP contribution in [0.1, 0.15) is 24.5 Å². The second-order valence-electron chi connectivity index (χ2n) is 4.54. The molecule has 0 bridgehead atoms. The van der Waals surface area contributed by atoms with E-state index in [0.29, 0.717) is 22.4 Å². The smallest absolute Gasteiger partial charge is 0.306 e. The molecule has 1 fully saturated rings. The monoisotopic (exact) mass is 276 g/mol. The summed E-state index contributed by atoms with van der Waals surface area (Å²) < 4.78 is 0. The SMILES string of the molecule is O=C(Nc1cc(C2CC2)[nH]n1)Nc1ccccc1Cl. The fourth-order valence-corrected chi connectivity index (χ4v) is 2.02. The molecule has 5 nitrogen and oxygen atoms in total. The van der Waals surface area contributed by atoms with Gasteiger partial charge in [-0.15, -0.1) is 0 Å². The first-order chi connectivity index (χ1) is 9.22. The molecule has 0 aliphatic heterocycles. The third-order valence-electron chi connectivity index (χ3n) is 2.98. The Morgan fingerprint density at radius 2 is 2.11 bits per heavy atom. The van der Waals surface area contributed by atoms with Gasteiger partial charge >= 0.3 is 6.03 Å². The van der Waals surface area contributed by atoms with Gasteiger partial charge in [0, 0.05) is 17.7 Å². The predicted molar refractivity (Wildman–Crippen MR) is 74.7 cm³/mol. The van der Waals surface area contributed by atoms with Gasteiger partial charge in [-0.05, 0) is 25.0 Å². The highest BCUT2D eigenvalue weighted by atomic mass is 35.5. The van der Waals surface area contributed by atoms with Crippen molar-refractivity contribution in [2.75, 3.05) is 10.6 Å². The van der Waals surface area contributed by atoms with Crippen molar-refractivity contribution in [3.8, 4) is 0 Å². The second-order valence-corrected chi connectivity index (χ2v) is 4.95. The molecule has 1 aliphatic rings. The average molecular weight is 277 g/mol. The van der Waals surface area contributed by atoms with Crippen molar-refractivity contribution >= 4 is 29.1 Å². The Balaban J connectivity index is 1.62. The van der Waals surface area contributed by atoms with Crippen LogP contribution < -0.4 is 10.6 Å². The molecule has 1 heterocycles. The van der Waals surface area contributed by atoms with Crippen molar-refractivity contribution in [2.24, 2.45) is 0 Å². The van der Waals surface area contributed by atoms with Crippen LogP contribution in [0.5, 0.6) is 0 Å². The number of benzene rings is 1. The molecule has 6 heteroatoms. The highest BCUT2D eigenvalue weighted by Crippen LogP contribution is 2.39. The summed E-state index contributed by atoms with van der Waals surface area (Å²) in [5.41, 5.74) is 1.65. The standard InChI is InChI=1S/C13H13ClN4O/c14-9-3-1-2-4-10(9)15-13(19)16-12-7-11(17-18-12)8-5-6-8/h1-4,7-8H,5-6H2,(H3,15,16,17,18,19). The van der Waals surface area contributed by atoms with Crippen molar-refractivity contribution in [2.45, 2.75) is 18.8 Å². The summed E-state index contributed by atoms with van der Waals surface area (Å²) in [4.78, 5) is 11.8. The number of amides is 2. The number of hydrogen-bond donors (Lipinski definition) is 3. The summed E-state index contributed by atoms with van der Waals surface area (Å²) in [7, 11) is 0. The third-order valence-corrected chi connectivity index (χ3v) is 3.31. The summed E-state index contributed by atoms with van der Waals surface area (Å²) in [6.07, 6.45) is 2.38. The van der Waals surface area contributed by atoms with Crippen LogP contribution in [0, 0.1) is 0 Å². The summed E-state index contributed by atoms with van der Waals surface area (Å²) in [5.74, 6) is 1.10. The minimum atomic E-state index is -0.359. The molecular weight excluding hydrogens is 264 g/mol. The molecule has 98 valence electrons. The van der Waals surface area contributed by atoms with E-state index in [-0.39, 0.29) is 6.03 Å². The molecule has 19 heavy (non-hydrogen) atoms. The first-order valence-electron chi connectivity index (χ1n) is 6.10. The first kappa shape index (κ1) is 12.0. The number of aromatic amines is 1. The quantitative estimate of drug-likeness (QED) is 0.802. The van der Waals surface area contributed by atoms with Gasteiger partial charge < -0.3 is 5.32 Å². The van der Waals surface area contributed by atoms with Gasteiger partial charge in [0.1, 0.15) is 0 Å². The van der Waals surface area contributed by atoms with Gasteiger partial charge in [0.2, 0.25) is 0 Å². The summed E-state index contributed by atoms with van der Waals surface area (Å²) in [6, 6.07) is 8.58. The van der Waals surface area contributed by atoms with E-state index < -0.39 is 0 Å². The minimum absolute atomic E-state index is 0.359. The van der Waals surface area contributed by atoms with Gasteiger partial charge in [-0.25, -0.2) is 4.79 Å². The van der Waals surface area contributed by atoms with Gasteiger partial charge in [-0.1, -0.05) is 23.7 Å². The van der Waals surface area contributed by atoms with Gasteiger partial charge in [0.25, 0.3) is 0 Å². The van der Waals surface area contributed by atoms with Crippen LogP contribution in [0.2, 0.25) is 5.02 Å². The normalized spacial score (nSPS) is 14.2. The van der Waals surface area contributed by atoms with Crippen LogP contribution in [0.15, 0.2) is 30.3 Å². The number of aromatic nitrogens is 2. The maximum atomic E-state index is 11.8. The predicted octanol–water partition coefficient (Wildman–Crippen LogP) is 3.58. The Morgan fingerprint density at radius 3 is 2.84 bits per heavy atom. The Labute approximate surface area is 115 Å². The van der Waals surface area contributed by atoms with Gasteiger partial charge in [0.05, 0.1) is 10.7 Å². The van der Waals surface area contributed by atoms with Crippen LogP contribution in [0.4, 0.5) is 16.3 Å². The van der Waals surface area contributed by atoms with E-state index >= 15 is 0 Å². The number of H-pyrrole nitrogens is 1. The molecule has 0 spiro atoms. The van der Waals surface area contributed by atoms with Gasteiger partial charge in [-0.2, -0.15) is 5.10 Å². The number of para-hydroxylation sites is 1. The number of urea groups is 1. The van der Waals surface area contributed by atoms with E-state index in [1.807, 2.05) is 6.07 Å². The molecular formula is C13H13ClN4O. The first-order valence-corrected chi connectivity index (χ1v) is 6.48. The van der Waals surface area contributed by atoms with E-state index in [1.165, 1.54) is 12.8 Å².